The molecule has 1 amide bonds. The van der Waals surface area contributed by atoms with Gasteiger partial charge in [-0.1, -0.05) is 83.3 Å². The van der Waals surface area contributed by atoms with Crippen molar-refractivity contribution in [1.29, 1.82) is 0 Å². The van der Waals surface area contributed by atoms with Gasteiger partial charge < -0.3 is 10.4 Å². The number of aliphatic hydroxyl groups is 1. The first-order valence-electron chi connectivity index (χ1n) is 10.3. The minimum Gasteiger partial charge on any atom is -0.387 e. The maximum absolute atomic E-state index is 12.8. The number of hydrogen-bond acceptors (Lipinski definition) is 2. The molecular weight excluding hydrogens is 329 g/mol. The SMILES string of the molecule is CCCCCCCCCCCCCC(=O)NCC(O)c1ccc(F)cc1. The Morgan fingerprint density at radius 3 is 1.96 bits per heavy atom. The van der Waals surface area contributed by atoms with Crippen LogP contribution in [0.15, 0.2) is 24.3 Å². The molecule has 0 spiro atoms. The van der Waals surface area contributed by atoms with Crippen LogP contribution in [0.25, 0.3) is 0 Å². The summed E-state index contributed by atoms with van der Waals surface area (Å²) in [4.78, 5) is 11.8. The number of carbonyl (C=O) groups is 1. The molecule has 0 aliphatic rings. The van der Waals surface area contributed by atoms with Crippen molar-refractivity contribution in [2.75, 3.05) is 6.54 Å². The van der Waals surface area contributed by atoms with E-state index in [4.69, 9.17) is 0 Å². The number of aliphatic hydroxyl groups excluding tert-OH is 1. The van der Waals surface area contributed by atoms with E-state index in [-0.39, 0.29) is 18.3 Å². The van der Waals surface area contributed by atoms with Gasteiger partial charge in [0, 0.05) is 13.0 Å². The van der Waals surface area contributed by atoms with E-state index in [2.05, 4.69) is 12.2 Å². The second kappa shape index (κ2) is 14.7. The molecule has 3 nitrogen and oxygen atoms in total. The predicted molar refractivity (Wildman–Crippen MR) is 105 cm³/mol. The molecule has 0 radical (unpaired) electrons. The van der Waals surface area contributed by atoms with Gasteiger partial charge in [0.15, 0.2) is 0 Å². The molecule has 0 aromatic heterocycles. The maximum atomic E-state index is 12.8. The molecule has 0 aliphatic heterocycles. The maximum Gasteiger partial charge on any atom is 0.220 e. The van der Waals surface area contributed by atoms with Gasteiger partial charge in [-0.3, -0.25) is 4.79 Å². The van der Waals surface area contributed by atoms with Gasteiger partial charge in [0.05, 0.1) is 6.10 Å². The normalized spacial score (nSPS) is 12.1. The summed E-state index contributed by atoms with van der Waals surface area (Å²) in [6.07, 6.45) is 13.6. The number of unbranched alkanes of at least 4 members (excludes halogenated alkanes) is 10. The van der Waals surface area contributed by atoms with Crippen LogP contribution in [0.1, 0.15) is 95.6 Å². The third kappa shape index (κ3) is 11.2. The van der Waals surface area contributed by atoms with E-state index in [1.54, 1.807) is 0 Å². The zero-order chi connectivity index (χ0) is 19.0. The fourth-order valence-electron chi connectivity index (χ4n) is 3.05. The summed E-state index contributed by atoms with van der Waals surface area (Å²) < 4.78 is 12.8. The molecule has 0 aliphatic carbocycles. The minimum absolute atomic E-state index is 0.0258. The summed E-state index contributed by atoms with van der Waals surface area (Å²) in [6.45, 7) is 2.41. The number of hydrogen-bond donors (Lipinski definition) is 2. The Balaban J connectivity index is 1.94. The second-order valence-corrected chi connectivity index (χ2v) is 7.16. The van der Waals surface area contributed by atoms with Gasteiger partial charge in [0.25, 0.3) is 0 Å². The van der Waals surface area contributed by atoms with Crippen LogP contribution in [0.2, 0.25) is 0 Å². The Kier molecular flexibility index (Phi) is 12.8. The first-order valence-corrected chi connectivity index (χ1v) is 10.3. The fourth-order valence-corrected chi connectivity index (χ4v) is 3.05. The molecule has 0 bridgehead atoms. The predicted octanol–water partition coefficient (Wildman–Crippen LogP) is 5.68. The van der Waals surface area contributed by atoms with Crippen LogP contribution in [-0.4, -0.2) is 17.6 Å². The summed E-state index contributed by atoms with van der Waals surface area (Å²) in [5.74, 6) is -0.358. The Hall–Kier alpha value is -1.42. The van der Waals surface area contributed by atoms with Gasteiger partial charge in [0.2, 0.25) is 5.91 Å². The molecule has 0 saturated carbocycles. The van der Waals surface area contributed by atoms with Crippen LogP contribution in [0.4, 0.5) is 4.39 Å². The van der Waals surface area contributed by atoms with Crippen LogP contribution in [0.5, 0.6) is 0 Å². The summed E-state index contributed by atoms with van der Waals surface area (Å²) in [6, 6.07) is 5.70. The van der Waals surface area contributed by atoms with Crippen LogP contribution in [0.3, 0.4) is 0 Å². The fraction of sp³-hybridized carbons (Fsp3) is 0.682. The smallest absolute Gasteiger partial charge is 0.220 e. The highest BCUT2D eigenvalue weighted by molar-refractivity contribution is 5.75. The average molecular weight is 366 g/mol. The zero-order valence-electron chi connectivity index (χ0n) is 16.3. The summed E-state index contributed by atoms with van der Waals surface area (Å²) in [5.41, 5.74) is 0.612. The molecule has 0 fully saturated rings. The molecule has 1 aromatic carbocycles. The number of amides is 1. The molecule has 26 heavy (non-hydrogen) atoms. The van der Waals surface area contributed by atoms with Crippen molar-refractivity contribution in [2.45, 2.75) is 90.1 Å². The van der Waals surface area contributed by atoms with E-state index in [1.807, 2.05) is 0 Å². The molecule has 0 heterocycles. The topological polar surface area (TPSA) is 49.3 Å². The van der Waals surface area contributed by atoms with Crippen LogP contribution >= 0.6 is 0 Å². The molecule has 0 saturated heterocycles. The van der Waals surface area contributed by atoms with E-state index < -0.39 is 6.10 Å². The largest absolute Gasteiger partial charge is 0.387 e. The zero-order valence-corrected chi connectivity index (χ0v) is 16.3. The van der Waals surface area contributed by atoms with Crippen molar-refractivity contribution in [3.05, 3.63) is 35.6 Å². The van der Waals surface area contributed by atoms with Gasteiger partial charge in [-0.15, -0.1) is 0 Å². The summed E-state index contributed by atoms with van der Waals surface area (Å²) >= 11 is 0. The number of carbonyl (C=O) groups excluding carboxylic acids is 1. The Labute approximate surface area is 158 Å². The van der Waals surface area contributed by atoms with Crippen LogP contribution < -0.4 is 5.32 Å². The van der Waals surface area contributed by atoms with Crippen LogP contribution in [-0.2, 0) is 4.79 Å². The lowest BCUT2D eigenvalue weighted by Crippen LogP contribution is -2.28. The molecule has 1 unspecified atom stereocenters. The van der Waals surface area contributed by atoms with E-state index >= 15 is 0 Å². The molecule has 1 rings (SSSR count). The molecule has 2 N–H and O–H groups in total. The van der Waals surface area contributed by atoms with Gasteiger partial charge in [-0.25, -0.2) is 4.39 Å². The monoisotopic (exact) mass is 365 g/mol. The number of benzene rings is 1. The minimum atomic E-state index is -0.795. The highest BCUT2D eigenvalue weighted by Crippen LogP contribution is 2.13. The van der Waals surface area contributed by atoms with E-state index in [9.17, 15) is 14.3 Å². The van der Waals surface area contributed by atoms with E-state index in [1.165, 1.54) is 82.1 Å². The Morgan fingerprint density at radius 2 is 1.42 bits per heavy atom. The lowest BCUT2D eigenvalue weighted by Gasteiger charge is -2.12. The number of rotatable bonds is 15. The second-order valence-electron chi connectivity index (χ2n) is 7.16. The molecule has 1 aromatic rings. The molecule has 4 heteroatoms. The van der Waals surface area contributed by atoms with Gasteiger partial charge in [0.1, 0.15) is 5.82 Å². The van der Waals surface area contributed by atoms with Gasteiger partial charge in [-0.05, 0) is 24.1 Å². The first kappa shape index (κ1) is 22.6. The van der Waals surface area contributed by atoms with Crippen molar-refractivity contribution in [1.82, 2.24) is 5.32 Å². The molecule has 148 valence electrons. The van der Waals surface area contributed by atoms with Crippen molar-refractivity contribution >= 4 is 5.91 Å². The quantitative estimate of drug-likeness (QED) is 0.393. The summed E-state index contributed by atoms with van der Waals surface area (Å²) in [5, 5.41) is 12.7. The number of nitrogens with one attached hydrogen (secondary N) is 1. The number of halogens is 1. The Bertz CT molecular complexity index is 476. The van der Waals surface area contributed by atoms with Crippen molar-refractivity contribution < 1.29 is 14.3 Å². The molecular formula is C22H36FNO2. The average Bonchev–Trinajstić information content (AvgIpc) is 2.64. The first-order chi connectivity index (χ1) is 12.6. The Morgan fingerprint density at radius 1 is 0.923 bits per heavy atom. The van der Waals surface area contributed by atoms with Gasteiger partial charge >= 0.3 is 0 Å². The standard InChI is InChI=1S/C22H36FNO2/c1-2-3-4-5-6-7-8-9-10-11-12-13-22(26)24-18-21(25)19-14-16-20(23)17-15-19/h14-17,21,25H,2-13,18H2,1H3,(H,24,26). The molecule has 1 atom stereocenters. The highest BCUT2D eigenvalue weighted by atomic mass is 19.1. The van der Waals surface area contributed by atoms with Gasteiger partial charge in [-0.2, -0.15) is 0 Å². The third-order valence-electron chi connectivity index (χ3n) is 4.75. The lowest BCUT2D eigenvalue weighted by atomic mass is 10.1. The highest BCUT2D eigenvalue weighted by Gasteiger charge is 2.09. The van der Waals surface area contributed by atoms with E-state index in [0.29, 0.717) is 12.0 Å². The van der Waals surface area contributed by atoms with Crippen molar-refractivity contribution in [3.63, 3.8) is 0 Å². The summed E-state index contributed by atoms with van der Waals surface area (Å²) in [7, 11) is 0. The van der Waals surface area contributed by atoms with Crippen molar-refractivity contribution in [2.24, 2.45) is 0 Å². The van der Waals surface area contributed by atoms with Crippen LogP contribution in [0, 0.1) is 5.82 Å². The lowest BCUT2D eigenvalue weighted by molar-refractivity contribution is -0.121. The van der Waals surface area contributed by atoms with E-state index in [0.717, 1.165) is 12.8 Å². The third-order valence-corrected chi connectivity index (χ3v) is 4.75. The van der Waals surface area contributed by atoms with Crippen molar-refractivity contribution in [3.8, 4) is 0 Å².